The van der Waals surface area contributed by atoms with Crippen molar-refractivity contribution in [2.75, 3.05) is 0 Å². The molecule has 6 rings (SSSR count). The quantitative estimate of drug-likeness (QED) is 0.189. The van der Waals surface area contributed by atoms with E-state index in [2.05, 4.69) is 0 Å². The van der Waals surface area contributed by atoms with E-state index in [1.54, 1.807) is 48.5 Å². The van der Waals surface area contributed by atoms with Gasteiger partial charge in [0.1, 0.15) is 11.5 Å². The predicted octanol–water partition coefficient (Wildman–Crippen LogP) is 7.76. The minimum Gasteiger partial charge on any atom is -0.508 e. The summed E-state index contributed by atoms with van der Waals surface area (Å²) in [6.45, 7) is 0. The largest absolute Gasteiger partial charge is 0.508 e. The van der Waals surface area contributed by atoms with Crippen molar-refractivity contribution in [3.63, 3.8) is 0 Å². The molecule has 0 saturated heterocycles. The first-order valence-electron chi connectivity index (χ1n) is 13.6. The van der Waals surface area contributed by atoms with E-state index in [-0.39, 0.29) is 31.1 Å². The van der Waals surface area contributed by atoms with Crippen LogP contribution in [0.3, 0.4) is 0 Å². The van der Waals surface area contributed by atoms with Crippen molar-refractivity contribution in [1.29, 1.82) is 0 Å². The lowest BCUT2D eigenvalue weighted by Gasteiger charge is -2.13. The second-order valence-corrected chi connectivity index (χ2v) is 14.0. The molecule has 44 heavy (non-hydrogen) atoms. The molecule has 0 aliphatic carbocycles. The zero-order valence-electron chi connectivity index (χ0n) is 23.2. The molecule has 0 atom stereocenters. The monoisotopic (exact) mass is 618 g/mol. The summed E-state index contributed by atoms with van der Waals surface area (Å²) in [6, 6.07) is 39.7. The summed E-state index contributed by atoms with van der Waals surface area (Å²) in [6.07, 6.45) is 0. The van der Waals surface area contributed by atoms with Crippen LogP contribution in [0.5, 0.6) is 11.5 Å². The third-order valence-corrected chi connectivity index (χ3v) is 11.0. The van der Waals surface area contributed by atoms with Crippen molar-refractivity contribution in [3.05, 3.63) is 146 Å². The minimum atomic E-state index is -3.83. The van der Waals surface area contributed by atoms with Crippen LogP contribution in [-0.4, -0.2) is 27.0 Å². The highest BCUT2D eigenvalue weighted by Gasteiger charge is 2.23. The van der Waals surface area contributed by atoms with Crippen LogP contribution in [0.1, 0.15) is 0 Å². The fourth-order valence-electron chi connectivity index (χ4n) is 5.07. The van der Waals surface area contributed by atoms with E-state index in [4.69, 9.17) is 0 Å². The summed E-state index contributed by atoms with van der Waals surface area (Å²) in [5.74, 6) is -0.0200. The Kier molecular flexibility index (Phi) is 7.55. The van der Waals surface area contributed by atoms with Gasteiger partial charge in [0.15, 0.2) is 0 Å². The van der Waals surface area contributed by atoms with Gasteiger partial charge in [0.25, 0.3) is 0 Å². The highest BCUT2D eigenvalue weighted by Crippen LogP contribution is 2.35. The molecule has 0 saturated carbocycles. The first-order valence-corrected chi connectivity index (χ1v) is 16.6. The van der Waals surface area contributed by atoms with E-state index < -0.39 is 19.7 Å². The Morgan fingerprint density at radius 2 is 0.636 bits per heavy atom. The van der Waals surface area contributed by atoms with Crippen molar-refractivity contribution in [3.8, 4) is 44.9 Å². The Bertz CT molecular complexity index is 2010. The third kappa shape index (κ3) is 5.48. The van der Waals surface area contributed by atoms with Crippen molar-refractivity contribution in [2.45, 2.75) is 19.6 Å². The number of sulfone groups is 2. The topological polar surface area (TPSA) is 109 Å². The molecule has 0 unspecified atom stereocenters. The number of aromatic hydroxyl groups is 2. The molecule has 6 aromatic carbocycles. The maximum Gasteiger partial charge on any atom is 0.207 e. The van der Waals surface area contributed by atoms with E-state index in [1.807, 2.05) is 48.5 Å². The van der Waals surface area contributed by atoms with Gasteiger partial charge in [0.05, 0.1) is 19.6 Å². The van der Waals surface area contributed by atoms with E-state index in [0.29, 0.717) is 11.1 Å². The zero-order chi connectivity index (χ0) is 30.9. The molecule has 0 aromatic heterocycles. The van der Waals surface area contributed by atoms with Crippen LogP contribution in [0, 0.1) is 0 Å². The lowest BCUT2D eigenvalue weighted by molar-refractivity contribution is 0.474. The van der Waals surface area contributed by atoms with Crippen LogP contribution >= 0.6 is 0 Å². The van der Waals surface area contributed by atoms with E-state index in [1.165, 1.54) is 48.5 Å². The molecule has 8 heteroatoms. The molecule has 0 fully saturated rings. The number of phenols is 2. The van der Waals surface area contributed by atoms with Crippen LogP contribution in [0.2, 0.25) is 0 Å². The molecule has 2 N–H and O–H groups in total. The lowest BCUT2D eigenvalue weighted by Crippen LogP contribution is -2.04. The Balaban J connectivity index is 1.30. The molecule has 0 aliphatic heterocycles. The van der Waals surface area contributed by atoms with Gasteiger partial charge in [0, 0.05) is 11.1 Å². The number of benzene rings is 6. The molecular weight excluding hydrogens is 593 g/mol. The molecule has 6 aromatic rings. The minimum absolute atomic E-state index is 0.0100. The SMILES string of the molecule is O=S(=O)(c1ccc(O)cc1)c1ccccc1-c1ccc(-c2ccc(-c3ccccc3S(=O)(=O)c3ccc(O)cc3)cc2)cc1. The molecular formula is C36H26O6S2. The van der Waals surface area contributed by atoms with Gasteiger partial charge in [-0.1, -0.05) is 84.9 Å². The molecule has 0 amide bonds. The number of rotatable bonds is 7. The van der Waals surface area contributed by atoms with Crippen molar-refractivity contribution in [2.24, 2.45) is 0 Å². The Morgan fingerprint density at radius 1 is 0.341 bits per heavy atom. The molecule has 218 valence electrons. The van der Waals surface area contributed by atoms with Gasteiger partial charge in [-0.25, -0.2) is 16.8 Å². The van der Waals surface area contributed by atoms with E-state index in [9.17, 15) is 27.0 Å². The number of hydrogen-bond donors (Lipinski definition) is 2. The Hall–Kier alpha value is -5.18. The van der Waals surface area contributed by atoms with Crippen LogP contribution in [0.25, 0.3) is 33.4 Å². The maximum absolute atomic E-state index is 13.4. The number of hydrogen-bond acceptors (Lipinski definition) is 6. The van der Waals surface area contributed by atoms with E-state index >= 15 is 0 Å². The average Bonchev–Trinajstić information content (AvgIpc) is 3.05. The first-order chi connectivity index (χ1) is 21.1. The summed E-state index contributed by atoms with van der Waals surface area (Å²) in [4.78, 5) is 0.529. The summed E-state index contributed by atoms with van der Waals surface area (Å²) in [5.41, 5.74) is 4.41. The van der Waals surface area contributed by atoms with Gasteiger partial charge in [0.2, 0.25) is 19.7 Å². The average molecular weight is 619 g/mol. The van der Waals surface area contributed by atoms with Gasteiger partial charge in [-0.05, 0) is 82.9 Å². The van der Waals surface area contributed by atoms with Gasteiger partial charge in [-0.15, -0.1) is 0 Å². The normalized spacial score (nSPS) is 11.7. The maximum atomic E-state index is 13.4. The van der Waals surface area contributed by atoms with Crippen molar-refractivity contribution < 1.29 is 27.0 Å². The summed E-state index contributed by atoms with van der Waals surface area (Å²) >= 11 is 0. The van der Waals surface area contributed by atoms with Gasteiger partial charge in [-0.3, -0.25) is 0 Å². The predicted molar refractivity (Wildman–Crippen MR) is 170 cm³/mol. The third-order valence-electron chi connectivity index (χ3n) is 7.37. The molecule has 0 heterocycles. The fourth-order valence-corrected chi connectivity index (χ4v) is 8.03. The molecule has 0 spiro atoms. The molecule has 0 radical (unpaired) electrons. The second kappa shape index (κ2) is 11.5. The van der Waals surface area contributed by atoms with Crippen molar-refractivity contribution >= 4 is 19.7 Å². The van der Waals surface area contributed by atoms with Gasteiger partial charge < -0.3 is 10.2 Å². The highest BCUT2D eigenvalue weighted by molar-refractivity contribution is 7.92. The first kappa shape index (κ1) is 28.9. The fraction of sp³-hybridized carbons (Fsp3) is 0. The van der Waals surface area contributed by atoms with Crippen LogP contribution in [0.4, 0.5) is 0 Å². The second-order valence-electron chi connectivity index (χ2n) is 10.1. The van der Waals surface area contributed by atoms with Gasteiger partial charge in [-0.2, -0.15) is 0 Å². The van der Waals surface area contributed by atoms with E-state index in [0.717, 1.165) is 22.3 Å². The summed E-state index contributed by atoms with van der Waals surface area (Å²) in [5, 5.41) is 19.2. The molecule has 0 aliphatic rings. The van der Waals surface area contributed by atoms with Crippen LogP contribution < -0.4 is 0 Å². The zero-order valence-corrected chi connectivity index (χ0v) is 24.8. The summed E-state index contributed by atoms with van der Waals surface area (Å²) in [7, 11) is -7.65. The molecule has 0 bridgehead atoms. The number of phenolic OH excluding ortho intramolecular Hbond substituents is 2. The lowest BCUT2D eigenvalue weighted by atomic mass is 9.98. The summed E-state index contributed by atoms with van der Waals surface area (Å²) < 4.78 is 53.7. The highest BCUT2D eigenvalue weighted by atomic mass is 32.2. The standard InChI is InChI=1S/C36H26O6S2/c37-29-17-21-31(22-18-29)43(39,40)35-7-3-1-5-33(35)27-13-9-25(10-14-27)26-11-15-28(16-12-26)34-6-2-4-8-36(34)44(41,42)32-23-19-30(38)20-24-32/h1-24,37-38H. The van der Waals surface area contributed by atoms with Crippen LogP contribution in [0.15, 0.2) is 165 Å². The van der Waals surface area contributed by atoms with Gasteiger partial charge >= 0.3 is 0 Å². The Labute approximate surface area is 256 Å². The van der Waals surface area contributed by atoms with Crippen LogP contribution in [-0.2, 0) is 19.7 Å². The van der Waals surface area contributed by atoms with Crippen molar-refractivity contribution in [1.82, 2.24) is 0 Å². The smallest absolute Gasteiger partial charge is 0.207 e. The molecule has 6 nitrogen and oxygen atoms in total. The Morgan fingerprint density at radius 3 is 0.977 bits per heavy atom.